The molecule has 4 aromatic rings. The number of fused-ring (bicyclic) bond motifs is 1. The smallest absolute Gasteiger partial charge is 0.262 e. The topological polar surface area (TPSA) is 77.8 Å². The molecule has 0 atom stereocenters. The highest BCUT2D eigenvalue weighted by Crippen LogP contribution is 2.26. The Balaban J connectivity index is 1.52. The van der Waals surface area contributed by atoms with E-state index < -0.39 is 0 Å². The van der Waals surface area contributed by atoms with Crippen molar-refractivity contribution < 1.29 is 18.7 Å². The Bertz CT molecular complexity index is 1290. The molecule has 3 aromatic carbocycles. The molecule has 1 heterocycles. The van der Waals surface area contributed by atoms with Crippen LogP contribution in [0, 0.1) is 6.92 Å². The van der Waals surface area contributed by atoms with Crippen LogP contribution in [0.25, 0.3) is 22.1 Å². The fraction of sp³-hybridized carbons (Fsp3) is 0.120. The average molecular weight is 415 g/mol. The number of carbonyl (C=O) groups is 1. The van der Waals surface area contributed by atoms with Gasteiger partial charge in [-0.3, -0.25) is 9.59 Å². The van der Waals surface area contributed by atoms with Gasteiger partial charge in [0, 0.05) is 17.8 Å². The summed E-state index contributed by atoms with van der Waals surface area (Å²) >= 11 is 0. The molecule has 4 rings (SSSR count). The molecule has 0 saturated carbocycles. The standard InChI is InChI=1S/C25H21NO5/c1-16-24(17-7-4-3-5-8-17)25(28)21-12-11-20(14-22(21)31-16)30-15-23(27)26-18-9-6-10-19(13-18)29-2/h3-14H,15H2,1-2H3,(H,26,27). The SMILES string of the molecule is COc1cccc(NC(=O)COc2ccc3c(=O)c(-c4ccccc4)c(C)oc3c2)c1. The zero-order valence-corrected chi connectivity index (χ0v) is 17.2. The van der Waals surface area contributed by atoms with E-state index in [1.54, 1.807) is 56.5 Å². The molecule has 0 bridgehead atoms. The Kier molecular flexibility index (Phi) is 5.71. The first-order valence-electron chi connectivity index (χ1n) is 9.75. The molecule has 1 N–H and O–H groups in total. The molecule has 0 unspecified atom stereocenters. The summed E-state index contributed by atoms with van der Waals surface area (Å²) in [5.41, 5.74) is 2.27. The van der Waals surface area contributed by atoms with E-state index >= 15 is 0 Å². The monoisotopic (exact) mass is 415 g/mol. The molecule has 0 fully saturated rings. The van der Waals surface area contributed by atoms with E-state index in [2.05, 4.69) is 5.32 Å². The summed E-state index contributed by atoms with van der Waals surface area (Å²) in [6, 6.07) is 21.4. The molecule has 6 nitrogen and oxygen atoms in total. The number of anilines is 1. The van der Waals surface area contributed by atoms with Gasteiger partial charge in [-0.25, -0.2) is 0 Å². The molecule has 0 aliphatic rings. The van der Waals surface area contributed by atoms with Crippen LogP contribution in [0.5, 0.6) is 11.5 Å². The Labute approximate surface area is 179 Å². The maximum Gasteiger partial charge on any atom is 0.262 e. The summed E-state index contributed by atoms with van der Waals surface area (Å²) in [6.07, 6.45) is 0. The highest BCUT2D eigenvalue weighted by Gasteiger charge is 2.14. The average Bonchev–Trinajstić information content (AvgIpc) is 2.78. The summed E-state index contributed by atoms with van der Waals surface area (Å²) in [5.74, 6) is 1.29. The molecule has 0 radical (unpaired) electrons. The van der Waals surface area contributed by atoms with Crippen LogP contribution < -0.4 is 20.2 Å². The molecule has 6 heteroatoms. The molecule has 0 aliphatic carbocycles. The van der Waals surface area contributed by atoms with Crippen molar-refractivity contribution in [2.45, 2.75) is 6.92 Å². The van der Waals surface area contributed by atoms with Gasteiger partial charge in [0.1, 0.15) is 22.8 Å². The van der Waals surface area contributed by atoms with Gasteiger partial charge in [0.25, 0.3) is 5.91 Å². The van der Waals surface area contributed by atoms with Gasteiger partial charge in [-0.2, -0.15) is 0 Å². The van der Waals surface area contributed by atoms with Crippen LogP contribution in [-0.4, -0.2) is 19.6 Å². The minimum absolute atomic E-state index is 0.104. The Morgan fingerprint density at radius 1 is 0.968 bits per heavy atom. The highest BCUT2D eigenvalue weighted by molar-refractivity contribution is 5.92. The van der Waals surface area contributed by atoms with Gasteiger partial charge in [-0.15, -0.1) is 0 Å². The minimum Gasteiger partial charge on any atom is -0.497 e. The van der Waals surface area contributed by atoms with Crippen LogP contribution in [0.1, 0.15) is 5.76 Å². The molecular formula is C25H21NO5. The van der Waals surface area contributed by atoms with Crippen molar-refractivity contribution in [1.82, 2.24) is 0 Å². The van der Waals surface area contributed by atoms with E-state index in [1.807, 2.05) is 30.3 Å². The van der Waals surface area contributed by atoms with Crippen LogP contribution >= 0.6 is 0 Å². The molecule has 0 aliphatic heterocycles. The molecule has 0 spiro atoms. The number of carbonyl (C=O) groups excluding carboxylic acids is 1. The molecular weight excluding hydrogens is 394 g/mol. The quantitative estimate of drug-likeness (QED) is 0.490. The summed E-state index contributed by atoms with van der Waals surface area (Å²) in [6.45, 7) is 1.58. The van der Waals surface area contributed by atoms with Crippen molar-refractivity contribution in [3.8, 4) is 22.6 Å². The zero-order valence-electron chi connectivity index (χ0n) is 17.2. The van der Waals surface area contributed by atoms with E-state index in [4.69, 9.17) is 13.9 Å². The van der Waals surface area contributed by atoms with E-state index in [0.717, 1.165) is 5.56 Å². The summed E-state index contributed by atoms with van der Waals surface area (Å²) in [5, 5.41) is 3.21. The lowest BCUT2D eigenvalue weighted by Crippen LogP contribution is -2.20. The number of hydrogen-bond acceptors (Lipinski definition) is 5. The normalized spacial score (nSPS) is 10.6. The predicted molar refractivity (Wildman–Crippen MR) is 120 cm³/mol. The lowest BCUT2D eigenvalue weighted by atomic mass is 10.0. The van der Waals surface area contributed by atoms with Gasteiger partial charge >= 0.3 is 0 Å². The third-order valence-corrected chi connectivity index (χ3v) is 4.83. The number of nitrogens with one attached hydrogen (secondary N) is 1. The fourth-order valence-corrected chi connectivity index (χ4v) is 3.36. The van der Waals surface area contributed by atoms with Crippen LogP contribution in [0.4, 0.5) is 5.69 Å². The maximum absolute atomic E-state index is 13.0. The number of methoxy groups -OCH3 is 1. The van der Waals surface area contributed by atoms with E-state index in [1.165, 1.54) is 0 Å². The first kappa shape index (κ1) is 20.2. The number of aryl methyl sites for hydroxylation is 1. The molecule has 1 aromatic heterocycles. The first-order valence-corrected chi connectivity index (χ1v) is 9.75. The van der Waals surface area contributed by atoms with Crippen molar-refractivity contribution in [3.05, 3.63) is 88.8 Å². The van der Waals surface area contributed by atoms with Gasteiger partial charge in [0.2, 0.25) is 5.43 Å². The fourth-order valence-electron chi connectivity index (χ4n) is 3.36. The van der Waals surface area contributed by atoms with Gasteiger partial charge in [0.15, 0.2) is 6.61 Å². The van der Waals surface area contributed by atoms with Crippen LogP contribution in [0.3, 0.4) is 0 Å². The number of ether oxygens (including phenoxy) is 2. The third kappa shape index (κ3) is 4.43. The van der Waals surface area contributed by atoms with Gasteiger partial charge in [-0.1, -0.05) is 36.4 Å². The van der Waals surface area contributed by atoms with E-state index in [9.17, 15) is 9.59 Å². The third-order valence-electron chi connectivity index (χ3n) is 4.83. The highest BCUT2D eigenvalue weighted by atomic mass is 16.5. The predicted octanol–water partition coefficient (Wildman–Crippen LogP) is 4.79. The van der Waals surface area contributed by atoms with Gasteiger partial charge < -0.3 is 19.2 Å². The largest absolute Gasteiger partial charge is 0.497 e. The van der Waals surface area contributed by atoms with Crippen molar-refractivity contribution >= 4 is 22.6 Å². The number of hydrogen-bond donors (Lipinski definition) is 1. The second kappa shape index (κ2) is 8.75. The van der Waals surface area contributed by atoms with Crippen molar-refractivity contribution in [2.75, 3.05) is 19.0 Å². The van der Waals surface area contributed by atoms with Crippen LogP contribution in [0.15, 0.2) is 82.0 Å². The minimum atomic E-state index is -0.314. The number of amides is 1. The molecule has 31 heavy (non-hydrogen) atoms. The van der Waals surface area contributed by atoms with Gasteiger partial charge in [0.05, 0.1) is 18.1 Å². The lowest BCUT2D eigenvalue weighted by Gasteiger charge is -2.10. The Morgan fingerprint density at radius 2 is 1.77 bits per heavy atom. The molecule has 1 amide bonds. The lowest BCUT2D eigenvalue weighted by molar-refractivity contribution is -0.118. The Morgan fingerprint density at radius 3 is 2.55 bits per heavy atom. The summed E-state index contributed by atoms with van der Waals surface area (Å²) in [4.78, 5) is 25.2. The van der Waals surface area contributed by atoms with Crippen molar-refractivity contribution in [3.63, 3.8) is 0 Å². The summed E-state index contributed by atoms with van der Waals surface area (Å²) in [7, 11) is 1.56. The molecule has 156 valence electrons. The van der Waals surface area contributed by atoms with Gasteiger partial charge in [-0.05, 0) is 36.8 Å². The number of rotatable bonds is 6. The molecule has 0 saturated heterocycles. The second-order valence-corrected chi connectivity index (χ2v) is 6.96. The maximum atomic E-state index is 13.0. The second-order valence-electron chi connectivity index (χ2n) is 6.96. The van der Waals surface area contributed by atoms with Crippen LogP contribution in [0.2, 0.25) is 0 Å². The van der Waals surface area contributed by atoms with Crippen molar-refractivity contribution in [1.29, 1.82) is 0 Å². The Hall–Kier alpha value is -4.06. The zero-order chi connectivity index (χ0) is 21.8. The van der Waals surface area contributed by atoms with Crippen molar-refractivity contribution in [2.24, 2.45) is 0 Å². The van der Waals surface area contributed by atoms with Crippen LogP contribution in [-0.2, 0) is 4.79 Å². The first-order chi connectivity index (χ1) is 15.0. The number of benzene rings is 3. The van der Waals surface area contributed by atoms with E-state index in [0.29, 0.717) is 39.5 Å². The summed E-state index contributed by atoms with van der Waals surface area (Å²) < 4.78 is 16.6. The van der Waals surface area contributed by atoms with E-state index in [-0.39, 0.29) is 17.9 Å².